The van der Waals surface area contributed by atoms with Crippen molar-refractivity contribution in [3.05, 3.63) is 72.6 Å². The summed E-state index contributed by atoms with van der Waals surface area (Å²) in [6, 6.07) is 4.81. The molecule has 1 amide bonds. The number of carboxylic acids is 2. The third kappa shape index (κ3) is 7.32. The molecule has 0 aliphatic heterocycles. The standard InChI is InChI=1S/C12H6Cl4N2O4.C10H13NO2/c1-3-2-4(18-22-3)17-11(19)5-6(12(20)21)8(14)10(16)9(15)7(5)13;1-2-3-4-8-5-6-9(10(12)13)11-7-8/h2H,1H3,(H,20,21)(H,17,18,19);5-7H,2-4H2,1H3,(H,12,13). The van der Waals surface area contributed by atoms with Crippen LogP contribution in [0.4, 0.5) is 5.82 Å². The van der Waals surface area contributed by atoms with Crippen molar-refractivity contribution in [3.63, 3.8) is 0 Å². The predicted molar refractivity (Wildman–Crippen MR) is 132 cm³/mol. The van der Waals surface area contributed by atoms with Crippen LogP contribution < -0.4 is 5.32 Å². The Balaban J connectivity index is 0.000000283. The molecule has 186 valence electrons. The summed E-state index contributed by atoms with van der Waals surface area (Å²) < 4.78 is 4.79. The van der Waals surface area contributed by atoms with Crippen molar-refractivity contribution in [2.75, 3.05) is 5.32 Å². The van der Waals surface area contributed by atoms with Gasteiger partial charge in [-0.1, -0.05) is 71.0 Å². The van der Waals surface area contributed by atoms with Crippen LogP contribution in [0.5, 0.6) is 0 Å². The molecule has 0 radical (unpaired) electrons. The first kappa shape index (κ1) is 28.4. The summed E-state index contributed by atoms with van der Waals surface area (Å²) in [7, 11) is 0. The van der Waals surface area contributed by atoms with Crippen LogP contribution in [0.2, 0.25) is 20.1 Å². The van der Waals surface area contributed by atoms with E-state index in [1.165, 1.54) is 6.07 Å². The number of halogens is 4. The number of carbonyl (C=O) groups is 3. The van der Waals surface area contributed by atoms with E-state index in [9.17, 15) is 19.5 Å². The van der Waals surface area contributed by atoms with Crippen LogP contribution in [0.1, 0.15) is 62.3 Å². The number of unbranched alkanes of at least 4 members (excludes halogenated alkanes) is 1. The summed E-state index contributed by atoms with van der Waals surface area (Å²) in [4.78, 5) is 37.9. The first-order valence-corrected chi connectivity index (χ1v) is 11.5. The number of hydrogen-bond donors (Lipinski definition) is 3. The lowest BCUT2D eigenvalue weighted by Crippen LogP contribution is -2.18. The third-order valence-corrected chi connectivity index (χ3v) is 6.24. The van der Waals surface area contributed by atoms with Crippen LogP contribution in [0, 0.1) is 6.92 Å². The number of nitrogens with zero attached hydrogens (tertiary/aromatic N) is 2. The SMILES string of the molecule is CCCCc1ccc(C(=O)O)nc1.Cc1cc(NC(=O)c2c(Cl)c(Cl)c(Cl)c(Cl)c2C(=O)O)no1. The van der Waals surface area contributed by atoms with Crippen molar-refractivity contribution < 1.29 is 29.1 Å². The molecule has 2 aromatic heterocycles. The first-order valence-electron chi connectivity index (χ1n) is 9.99. The van der Waals surface area contributed by atoms with Gasteiger partial charge in [-0.25, -0.2) is 14.6 Å². The van der Waals surface area contributed by atoms with Crippen LogP contribution in [0.3, 0.4) is 0 Å². The van der Waals surface area contributed by atoms with Crippen LogP contribution in [0.25, 0.3) is 0 Å². The lowest BCUT2D eigenvalue weighted by molar-refractivity contribution is 0.0681. The van der Waals surface area contributed by atoms with E-state index in [2.05, 4.69) is 22.4 Å². The van der Waals surface area contributed by atoms with Crippen LogP contribution >= 0.6 is 46.4 Å². The number of hydrogen-bond acceptors (Lipinski definition) is 6. The fourth-order valence-corrected chi connectivity index (χ4v) is 3.75. The molecule has 2 heterocycles. The molecular weight excluding hydrogens is 544 g/mol. The summed E-state index contributed by atoms with van der Waals surface area (Å²) >= 11 is 23.5. The zero-order valence-electron chi connectivity index (χ0n) is 18.4. The second kappa shape index (κ2) is 12.7. The average molecular weight is 563 g/mol. The lowest BCUT2D eigenvalue weighted by atomic mass is 10.1. The highest BCUT2D eigenvalue weighted by Gasteiger charge is 2.29. The third-order valence-electron chi connectivity index (χ3n) is 4.44. The Labute approximate surface area is 219 Å². The maximum Gasteiger partial charge on any atom is 0.354 e. The van der Waals surface area contributed by atoms with Crippen molar-refractivity contribution in [2.24, 2.45) is 0 Å². The second-order valence-corrected chi connectivity index (χ2v) is 8.56. The van der Waals surface area contributed by atoms with Gasteiger partial charge in [0.1, 0.15) is 11.5 Å². The molecule has 0 saturated heterocycles. The Morgan fingerprint density at radius 2 is 1.60 bits per heavy atom. The monoisotopic (exact) mass is 561 g/mol. The fourth-order valence-electron chi connectivity index (χ4n) is 2.73. The lowest BCUT2D eigenvalue weighted by Gasteiger charge is -2.13. The smallest absolute Gasteiger partial charge is 0.354 e. The van der Waals surface area contributed by atoms with Gasteiger partial charge in [-0.15, -0.1) is 0 Å². The Hall–Kier alpha value is -2.85. The summed E-state index contributed by atoms with van der Waals surface area (Å²) in [5.74, 6) is -2.78. The van der Waals surface area contributed by atoms with Crippen molar-refractivity contribution in [1.82, 2.24) is 10.1 Å². The minimum Gasteiger partial charge on any atom is -0.478 e. The predicted octanol–water partition coefficient (Wildman–Crippen LogP) is 6.67. The van der Waals surface area contributed by atoms with E-state index in [0.717, 1.165) is 24.8 Å². The number of nitrogens with one attached hydrogen (secondary N) is 1. The number of carbonyl (C=O) groups excluding carboxylic acids is 1. The van der Waals surface area contributed by atoms with Gasteiger partial charge in [-0.2, -0.15) is 0 Å². The zero-order valence-corrected chi connectivity index (χ0v) is 21.4. The molecule has 0 bridgehead atoms. The van der Waals surface area contributed by atoms with Gasteiger partial charge >= 0.3 is 11.9 Å². The number of benzene rings is 1. The number of aromatic carboxylic acids is 2. The number of aromatic nitrogens is 2. The molecule has 0 fully saturated rings. The van der Waals surface area contributed by atoms with Gasteiger partial charge in [0.05, 0.1) is 31.2 Å². The molecule has 13 heteroatoms. The Morgan fingerprint density at radius 3 is 2.06 bits per heavy atom. The number of carboxylic acid groups (broad SMARTS) is 2. The van der Waals surface area contributed by atoms with E-state index in [4.69, 9.17) is 56.0 Å². The fraction of sp³-hybridized carbons (Fsp3) is 0.227. The molecule has 3 aromatic rings. The van der Waals surface area contributed by atoms with Crippen molar-refractivity contribution in [2.45, 2.75) is 33.1 Å². The maximum atomic E-state index is 12.3. The number of amides is 1. The van der Waals surface area contributed by atoms with E-state index in [1.807, 2.05) is 6.07 Å². The summed E-state index contributed by atoms with van der Waals surface area (Å²) in [6.45, 7) is 3.74. The highest BCUT2D eigenvalue weighted by Crippen LogP contribution is 2.41. The number of aryl methyl sites for hydroxylation is 2. The highest BCUT2D eigenvalue weighted by atomic mass is 35.5. The maximum absolute atomic E-state index is 12.3. The highest BCUT2D eigenvalue weighted by molar-refractivity contribution is 6.54. The Morgan fingerprint density at radius 1 is 0.971 bits per heavy atom. The summed E-state index contributed by atoms with van der Waals surface area (Å²) in [5.41, 5.74) is 0.236. The normalized spacial score (nSPS) is 10.3. The first-order chi connectivity index (χ1) is 16.5. The summed E-state index contributed by atoms with van der Waals surface area (Å²) in [5, 5.41) is 22.5. The topological polar surface area (TPSA) is 143 Å². The van der Waals surface area contributed by atoms with E-state index in [1.54, 1.807) is 19.2 Å². The van der Waals surface area contributed by atoms with E-state index >= 15 is 0 Å². The van der Waals surface area contributed by atoms with Gasteiger partial charge in [0.25, 0.3) is 5.91 Å². The molecule has 0 atom stereocenters. The van der Waals surface area contributed by atoms with Crippen molar-refractivity contribution in [3.8, 4) is 0 Å². The van der Waals surface area contributed by atoms with Gasteiger partial charge in [0, 0.05) is 12.3 Å². The molecule has 0 saturated carbocycles. The van der Waals surface area contributed by atoms with E-state index in [0.29, 0.717) is 5.76 Å². The van der Waals surface area contributed by atoms with Crippen LogP contribution in [0.15, 0.2) is 28.9 Å². The molecule has 1 aromatic carbocycles. The van der Waals surface area contributed by atoms with Gasteiger partial charge in [-0.05, 0) is 31.4 Å². The van der Waals surface area contributed by atoms with E-state index in [-0.39, 0.29) is 31.6 Å². The Bertz CT molecular complexity index is 1240. The molecule has 3 N–H and O–H groups in total. The van der Waals surface area contributed by atoms with Gasteiger partial charge in [-0.3, -0.25) is 4.79 Å². The minimum atomic E-state index is -1.48. The quantitative estimate of drug-likeness (QED) is 0.214. The molecule has 9 nitrogen and oxygen atoms in total. The van der Waals surface area contributed by atoms with Crippen LogP contribution in [-0.4, -0.2) is 38.2 Å². The summed E-state index contributed by atoms with van der Waals surface area (Å²) in [6.07, 6.45) is 4.87. The molecule has 0 spiro atoms. The van der Waals surface area contributed by atoms with Crippen molar-refractivity contribution >= 4 is 70.1 Å². The average Bonchev–Trinajstić information content (AvgIpc) is 3.23. The number of rotatable bonds is 7. The largest absolute Gasteiger partial charge is 0.478 e. The zero-order chi connectivity index (χ0) is 26.3. The second-order valence-electron chi connectivity index (χ2n) is 7.05. The van der Waals surface area contributed by atoms with Gasteiger partial charge in [0.15, 0.2) is 5.82 Å². The van der Waals surface area contributed by atoms with Gasteiger partial charge in [0.2, 0.25) is 0 Å². The molecule has 0 aliphatic rings. The minimum absolute atomic E-state index is 0.0806. The van der Waals surface area contributed by atoms with Crippen LogP contribution in [-0.2, 0) is 6.42 Å². The Kier molecular flexibility index (Phi) is 10.3. The molecular formula is C22H19Cl4N3O6. The number of anilines is 1. The molecule has 0 aliphatic carbocycles. The van der Waals surface area contributed by atoms with Gasteiger partial charge < -0.3 is 20.1 Å². The number of pyridine rings is 1. The molecule has 3 rings (SSSR count). The van der Waals surface area contributed by atoms with E-state index < -0.39 is 29.0 Å². The molecule has 0 unspecified atom stereocenters. The van der Waals surface area contributed by atoms with Crippen molar-refractivity contribution in [1.29, 1.82) is 0 Å². The molecule has 35 heavy (non-hydrogen) atoms.